The van der Waals surface area contributed by atoms with Gasteiger partial charge in [-0.15, -0.1) is 10.2 Å². The highest BCUT2D eigenvalue weighted by atomic mass is 32.2. The van der Waals surface area contributed by atoms with Crippen LogP contribution in [0.15, 0.2) is 5.16 Å². The number of carboxylic acids is 1. The molecule has 0 bridgehead atoms. The zero-order valence-corrected chi connectivity index (χ0v) is 12.9. The highest BCUT2D eigenvalue weighted by molar-refractivity contribution is 7.99. The maximum absolute atomic E-state index is 11.2. The van der Waals surface area contributed by atoms with Gasteiger partial charge in [0.1, 0.15) is 5.82 Å². The van der Waals surface area contributed by atoms with Crippen molar-refractivity contribution in [3.8, 4) is 0 Å². The summed E-state index contributed by atoms with van der Waals surface area (Å²) in [6.45, 7) is 7.65. The molecule has 0 aliphatic carbocycles. The number of aromatic nitrogens is 3. The van der Waals surface area contributed by atoms with Crippen LogP contribution in [-0.4, -0.2) is 37.5 Å². The molecule has 1 aromatic heterocycles. The Labute approximate surface area is 121 Å². The molecule has 1 heterocycles. The third-order valence-corrected chi connectivity index (χ3v) is 3.63. The first-order chi connectivity index (χ1) is 9.15. The molecule has 0 aliphatic heterocycles. The second-order valence-corrected chi connectivity index (χ2v) is 6.41. The van der Waals surface area contributed by atoms with Crippen molar-refractivity contribution in [3.63, 3.8) is 0 Å². The Morgan fingerprint density at radius 2 is 2.00 bits per heavy atom. The van der Waals surface area contributed by atoms with Gasteiger partial charge in [-0.2, -0.15) is 0 Å². The van der Waals surface area contributed by atoms with Crippen LogP contribution in [0.2, 0.25) is 0 Å². The van der Waals surface area contributed by atoms with Gasteiger partial charge in [0.15, 0.2) is 5.16 Å². The fourth-order valence-corrected chi connectivity index (χ4v) is 2.77. The number of hydrogen-bond donors (Lipinski definition) is 2. The summed E-state index contributed by atoms with van der Waals surface area (Å²) in [5, 5.41) is 17.4. The Balaban J connectivity index is 3.20. The average Bonchev–Trinajstić information content (AvgIpc) is 2.68. The Kier molecular flexibility index (Phi) is 5.15. The van der Waals surface area contributed by atoms with E-state index < -0.39 is 17.4 Å². The highest BCUT2D eigenvalue weighted by Crippen LogP contribution is 2.30. The summed E-state index contributed by atoms with van der Waals surface area (Å²) in [7, 11) is 0. The van der Waals surface area contributed by atoms with E-state index in [1.807, 2.05) is 32.3 Å². The maximum atomic E-state index is 11.2. The molecule has 0 radical (unpaired) electrons. The smallest absolute Gasteiger partial charge is 0.313 e. The van der Waals surface area contributed by atoms with E-state index in [2.05, 4.69) is 10.2 Å². The van der Waals surface area contributed by atoms with Crippen LogP contribution in [0.4, 0.5) is 0 Å². The van der Waals surface area contributed by atoms with Gasteiger partial charge < -0.3 is 10.8 Å². The number of hydrogen-bond acceptors (Lipinski definition) is 5. The first-order valence-corrected chi connectivity index (χ1v) is 7.22. The van der Waals surface area contributed by atoms with Gasteiger partial charge in [-0.3, -0.25) is 14.2 Å². The molecule has 0 unspecified atom stereocenters. The third kappa shape index (κ3) is 3.96. The van der Waals surface area contributed by atoms with E-state index in [1.165, 1.54) is 0 Å². The van der Waals surface area contributed by atoms with Crippen LogP contribution in [0.3, 0.4) is 0 Å². The second-order valence-electron chi connectivity index (χ2n) is 5.47. The Morgan fingerprint density at radius 3 is 2.45 bits per heavy atom. The largest absolute Gasteiger partial charge is 0.481 e. The van der Waals surface area contributed by atoms with Gasteiger partial charge in [0.2, 0.25) is 5.91 Å². The summed E-state index contributed by atoms with van der Waals surface area (Å²) in [5.41, 5.74) is 4.69. The van der Waals surface area contributed by atoms with Gasteiger partial charge >= 0.3 is 5.97 Å². The zero-order chi connectivity index (χ0) is 15.5. The average molecular weight is 300 g/mol. The quantitative estimate of drug-likeness (QED) is 0.732. The van der Waals surface area contributed by atoms with Gasteiger partial charge in [0.05, 0.1) is 11.3 Å². The van der Waals surface area contributed by atoms with E-state index in [0.717, 1.165) is 11.8 Å². The predicted molar refractivity (Wildman–Crippen MR) is 75.6 cm³/mol. The number of nitrogens with zero attached hydrogens (tertiary/aromatic N) is 3. The van der Waals surface area contributed by atoms with E-state index in [0.29, 0.717) is 11.0 Å². The fourth-order valence-electron chi connectivity index (χ4n) is 1.95. The monoisotopic (exact) mass is 300 g/mol. The zero-order valence-electron chi connectivity index (χ0n) is 12.1. The molecule has 0 fully saturated rings. The minimum absolute atomic E-state index is 0.105. The molecule has 1 aromatic rings. The van der Waals surface area contributed by atoms with E-state index >= 15 is 0 Å². The number of nitrogens with two attached hydrogens (primary N) is 1. The standard InChI is InChI=1S/C12H20N4O3S/c1-7(2)10-14-15-11(20-6-9(18)19)16(10)12(3,4)5-8(13)17/h7H,5-6H2,1-4H3,(H2,13,17)(H,18,19). The minimum Gasteiger partial charge on any atom is -0.481 e. The van der Waals surface area contributed by atoms with E-state index in [4.69, 9.17) is 10.8 Å². The van der Waals surface area contributed by atoms with Crippen LogP contribution in [0.5, 0.6) is 0 Å². The van der Waals surface area contributed by atoms with Crippen molar-refractivity contribution in [1.29, 1.82) is 0 Å². The number of amides is 1. The SMILES string of the molecule is CC(C)c1nnc(SCC(=O)O)n1C(C)(C)CC(N)=O. The number of thioether (sulfide) groups is 1. The van der Waals surface area contributed by atoms with E-state index in [1.54, 1.807) is 0 Å². The van der Waals surface area contributed by atoms with Crippen molar-refractivity contribution in [3.05, 3.63) is 5.82 Å². The molecule has 112 valence electrons. The van der Waals surface area contributed by atoms with Crippen LogP contribution in [0.1, 0.15) is 45.9 Å². The Morgan fingerprint density at radius 1 is 1.40 bits per heavy atom. The van der Waals surface area contributed by atoms with Crippen molar-refractivity contribution in [1.82, 2.24) is 14.8 Å². The van der Waals surface area contributed by atoms with Gasteiger partial charge in [-0.05, 0) is 13.8 Å². The van der Waals surface area contributed by atoms with Crippen molar-refractivity contribution < 1.29 is 14.7 Å². The molecule has 0 aliphatic rings. The summed E-state index contributed by atoms with van der Waals surface area (Å²) >= 11 is 1.09. The summed E-state index contributed by atoms with van der Waals surface area (Å²) in [5.74, 6) is -0.642. The van der Waals surface area contributed by atoms with Gasteiger partial charge in [0.25, 0.3) is 0 Å². The highest BCUT2D eigenvalue weighted by Gasteiger charge is 2.30. The van der Waals surface area contributed by atoms with Crippen molar-refractivity contribution in [2.75, 3.05) is 5.75 Å². The lowest BCUT2D eigenvalue weighted by Gasteiger charge is -2.29. The lowest BCUT2D eigenvalue weighted by atomic mass is 9.99. The normalized spacial score (nSPS) is 11.8. The first-order valence-electron chi connectivity index (χ1n) is 6.24. The molecule has 8 heteroatoms. The number of primary amides is 1. The van der Waals surface area contributed by atoms with Crippen molar-refractivity contribution in [2.45, 2.75) is 50.7 Å². The fraction of sp³-hybridized carbons (Fsp3) is 0.667. The number of carboxylic acid groups (broad SMARTS) is 1. The molecule has 3 N–H and O–H groups in total. The third-order valence-electron chi connectivity index (χ3n) is 2.71. The molecule has 20 heavy (non-hydrogen) atoms. The number of aliphatic carboxylic acids is 1. The van der Waals surface area contributed by atoms with Crippen LogP contribution in [0, 0.1) is 0 Å². The molecular weight excluding hydrogens is 280 g/mol. The summed E-state index contributed by atoms with van der Waals surface area (Å²) in [6, 6.07) is 0. The number of carbonyl (C=O) groups excluding carboxylic acids is 1. The lowest BCUT2D eigenvalue weighted by Crippen LogP contribution is -2.34. The molecule has 0 spiro atoms. The topological polar surface area (TPSA) is 111 Å². The second kappa shape index (κ2) is 6.25. The van der Waals surface area contributed by atoms with Gasteiger partial charge in [0, 0.05) is 12.3 Å². The molecule has 0 aromatic carbocycles. The summed E-state index contributed by atoms with van der Waals surface area (Å²) in [6.07, 6.45) is 0.130. The van der Waals surface area contributed by atoms with E-state index in [-0.39, 0.29) is 18.1 Å². The minimum atomic E-state index is -0.927. The van der Waals surface area contributed by atoms with Gasteiger partial charge in [-0.25, -0.2) is 0 Å². The van der Waals surface area contributed by atoms with Crippen molar-refractivity contribution in [2.24, 2.45) is 5.73 Å². The maximum Gasteiger partial charge on any atom is 0.313 e. The molecule has 0 saturated heterocycles. The molecule has 0 atom stereocenters. The molecule has 1 rings (SSSR count). The van der Waals surface area contributed by atoms with Crippen LogP contribution in [-0.2, 0) is 15.1 Å². The molecule has 7 nitrogen and oxygen atoms in total. The molecule has 1 amide bonds. The van der Waals surface area contributed by atoms with Gasteiger partial charge in [-0.1, -0.05) is 25.6 Å². The van der Waals surface area contributed by atoms with Crippen LogP contribution < -0.4 is 5.73 Å². The predicted octanol–water partition coefficient (Wildman–Crippen LogP) is 1.19. The van der Waals surface area contributed by atoms with Crippen LogP contribution >= 0.6 is 11.8 Å². The summed E-state index contributed by atoms with van der Waals surface area (Å²) < 4.78 is 1.82. The van der Waals surface area contributed by atoms with Crippen molar-refractivity contribution >= 4 is 23.6 Å². The number of carbonyl (C=O) groups is 2. The summed E-state index contributed by atoms with van der Waals surface area (Å²) in [4.78, 5) is 21.9. The lowest BCUT2D eigenvalue weighted by molar-refractivity contribution is -0.134. The first kappa shape index (κ1) is 16.5. The molecular formula is C12H20N4O3S. The number of rotatable bonds is 7. The van der Waals surface area contributed by atoms with E-state index in [9.17, 15) is 9.59 Å². The Bertz CT molecular complexity index is 511. The Hall–Kier alpha value is -1.57. The molecule has 0 saturated carbocycles. The van der Waals surface area contributed by atoms with Crippen LogP contribution in [0.25, 0.3) is 0 Å².